The van der Waals surface area contributed by atoms with Crippen LogP contribution in [0.1, 0.15) is 5.56 Å². The van der Waals surface area contributed by atoms with Crippen molar-refractivity contribution in [3.8, 4) is 0 Å². The predicted octanol–water partition coefficient (Wildman–Crippen LogP) is 4.57. The van der Waals surface area contributed by atoms with Crippen molar-refractivity contribution in [1.29, 1.82) is 0 Å². The van der Waals surface area contributed by atoms with Gasteiger partial charge in [0.25, 0.3) is 0 Å². The van der Waals surface area contributed by atoms with Crippen LogP contribution in [0.2, 0.25) is 0 Å². The van der Waals surface area contributed by atoms with E-state index >= 15 is 0 Å². The maximum Gasteiger partial charge on any atom is 0.464 e. The number of hydrogen-bond donors (Lipinski definition) is 0. The molecule has 0 heterocycles. The Balaban J connectivity index is 3.63. The van der Waals surface area contributed by atoms with E-state index < -0.39 is 68.3 Å². The van der Waals surface area contributed by atoms with E-state index in [0.717, 1.165) is 0 Å². The molecular weight excluding hydrogens is 466 g/mol. The molecule has 0 unspecified atom stereocenters. The molecule has 1 aromatic carbocycles. The van der Waals surface area contributed by atoms with Gasteiger partial charge in [-0.1, -0.05) is 3.89 Å². The van der Waals surface area contributed by atoms with Gasteiger partial charge in [0.05, 0.1) is 0 Å². The minimum atomic E-state index is -7.78. The van der Waals surface area contributed by atoms with Gasteiger partial charge in [0, 0.05) is 0 Å². The smallest absolute Gasteiger partial charge is 0.244 e. The highest BCUT2D eigenvalue weighted by Gasteiger charge is 2.75. The second kappa shape index (κ2) is 6.60. The number of benzene rings is 1. The van der Waals surface area contributed by atoms with E-state index in [1.807, 2.05) is 0 Å². The molecule has 0 bridgehead atoms. The summed E-state index contributed by atoms with van der Waals surface area (Å²) in [5, 5.41) is -7.23. The molecule has 28 heavy (non-hydrogen) atoms. The van der Waals surface area contributed by atoms with E-state index in [-0.39, 0.29) is 0 Å². The molecule has 1 rings (SSSR count). The Hall–Kier alpha value is -1.85. The normalized spacial score (nSPS) is 14.5. The molecule has 1 aromatic rings. The van der Waals surface area contributed by atoms with Crippen LogP contribution in [0.4, 0.5) is 61.0 Å². The maximum atomic E-state index is 13.5. The first kappa shape index (κ1) is 24.2. The summed E-state index contributed by atoms with van der Waals surface area (Å²) in [6, 6.07) is 0. The van der Waals surface area contributed by atoms with Gasteiger partial charge in [0.15, 0.2) is 23.3 Å². The van der Waals surface area contributed by atoms with Gasteiger partial charge in [-0.25, -0.2) is 26.7 Å². The summed E-state index contributed by atoms with van der Waals surface area (Å²) in [6.07, 6.45) is -14.6. The molecule has 0 saturated heterocycles. The molecule has 162 valence electrons. The van der Waals surface area contributed by atoms with Crippen LogP contribution in [0.15, 0.2) is 0 Å². The van der Waals surface area contributed by atoms with E-state index in [1.54, 1.807) is 4.74 Å². The Morgan fingerprint density at radius 1 is 0.607 bits per heavy atom. The third-order valence-electron chi connectivity index (χ3n) is 2.79. The topological polar surface area (TPSA) is 43.4 Å². The van der Waals surface area contributed by atoms with Crippen LogP contribution < -0.4 is 0 Å². The van der Waals surface area contributed by atoms with Crippen LogP contribution in [-0.2, 0) is 20.9 Å². The van der Waals surface area contributed by atoms with Gasteiger partial charge in [-0.05, 0) is 0 Å². The van der Waals surface area contributed by atoms with Crippen LogP contribution in [0, 0.1) is 29.1 Å². The van der Waals surface area contributed by atoms with E-state index in [2.05, 4.69) is 0 Å². The van der Waals surface area contributed by atoms with Crippen LogP contribution >= 0.6 is 0 Å². The lowest BCUT2D eigenvalue weighted by Crippen LogP contribution is -2.54. The van der Waals surface area contributed by atoms with Gasteiger partial charge >= 0.3 is 33.6 Å². The van der Waals surface area contributed by atoms with Crippen molar-refractivity contribution in [2.45, 2.75) is 23.4 Å². The van der Waals surface area contributed by atoms with Gasteiger partial charge in [0.1, 0.15) is 5.56 Å². The van der Waals surface area contributed by atoms with Crippen molar-refractivity contribution in [1.82, 2.24) is 0 Å². The summed E-state index contributed by atoms with van der Waals surface area (Å²) in [7, 11) is -7.78. The fourth-order valence-electron chi connectivity index (χ4n) is 1.45. The molecule has 0 aromatic heterocycles. The Labute approximate surface area is 143 Å². The monoisotopic (exact) mass is 466 g/mol. The fraction of sp³-hybridized carbons (Fsp3) is 0.400. The minimum Gasteiger partial charge on any atom is -0.244 e. The second-order valence-electron chi connectivity index (χ2n) is 4.61. The number of halogens is 14. The molecule has 3 nitrogen and oxygen atoms in total. The molecule has 0 aliphatic heterocycles. The van der Waals surface area contributed by atoms with Crippen molar-refractivity contribution < 1.29 is 74.1 Å². The molecule has 0 amide bonds. The molecule has 0 saturated carbocycles. The van der Waals surface area contributed by atoms with Crippen molar-refractivity contribution in [3.63, 3.8) is 0 Å². The van der Waals surface area contributed by atoms with Crippen LogP contribution in [0.25, 0.3) is 0 Å². The molecule has 0 aliphatic rings. The second-order valence-corrected chi connectivity index (χ2v) is 6.00. The third kappa shape index (κ3) is 3.46. The molecule has 18 heteroatoms. The standard InChI is InChI=1S/C10F14O3S/c11-2-1(3(12)5(14)6(15)4(2)13)7(16,17)8(18,19)27-9(20,21)10(22,23)28(24,25)26. The van der Waals surface area contributed by atoms with Gasteiger partial charge < -0.3 is 0 Å². The van der Waals surface area contributed by atoms with E-state index in [4.69, 9.17) is 0 Å². The molecule has 0 N–H and O–H groups in total. The van der Waals surface area contributed by atoms with Crippen molar-refractivity contribution in [2.24, 2.45) is 0 Å². The summed E-state index contributed by atoms with van der Waals surface area (Å²) < 4.78 is 203. The first-order valence-corrected chi connectivity index (χ1v) is 7.19. The third-order valence-corrected chi connectivity index (χ3v) is 3.64. The highest BCUT2D eigenvalue weighted by molar-refractivity contribution is 7.87. The van der Waals surface area contributed by atoms with Crippen LogP contribution in [-0.4, -0.2) is 25.9 Å². The summed E-state index contributed by atoms with van der Waals surface area (Å²) >= 11 is 0. The zero-order valence-corrected chi connectivity index (χ0v) is 12.7. The van der Waals surface area contributed by atoms with Crippen LogP contribution in [0.3, 0.4) is 0 Å². The van der Waals surface area contributed by atoms with Gasteiger partial charge in [-0.3, -0.25) is 0 Å². The Morgan fingerprint density at radius 2 is 0.929 bits per heavy atom. The zero-order chi connectivity index (χ0) is 22.7. The van der Waals surface area contributed by atoms with Crippen molar-refractivity contribution in [2.75, 3.05) is 0 Å². The van der Waals surface area contributed by atoms with E-state index in [0.29, 0.717) is 0 Å². The summed E-state index contributed by atoms with van der Waals surface area (Å²) in [5.41, 5.74) is -3.78. The number of hydrogen-bond acceptors (Lipinski definition) is 3. The lowest BCUT2D eigenvalue weighted by atomic mass is 10.0. The van der Waals surface area contributed by atoms with E-state index in [1.165, 1.54) is 0 Å². The molecule has 0 atom stereocenters. The Bertz CT molecular complexity index is 864. The summed E-state index contributed by atoms with van der Waals surface area (Å²) in [5.74, 6) is -24.0. The Morgan fingerprint density at radius 3 is 1.25 bits per heavy atom. The Kier molecular flexibility index (Phi) is 5.70. The number of rotatable bonds is 6. The lowest BCUT2D eigenvalue weighted by Gasteiger charge is -2.31. The molecular formula is C10F14O3S. The predicted molar refractivity (Wildman–Crippen MR) is 56.1 cm³/mol. The highest BCUT2D eigenvalue weighted by Crippen LogP contribution is 2.52. The quantitative estimate of drug-likeness (QED) is 0.267. The lowest BCUT2D eigenvalue weighted by molar-refractivity contribution is -0.460. The minimum absolute atomic E-state index is 1.60. The molecule has 0 radical (unpaired) electrons. The average molecular weight is 466 g/mol. The van der Waals surface area contributed by atoms with E-state index in [9.17, 15) is 69.4 Å². The number of ether oxygens (including phenoxy) is 1. The average Bonchev–Trinajstić information content (AvgIpc) is 2.48. The summed E-state index contributed by atoms with van der Waals surface area (Å²) in [4.78, 5) is 0. The first-order chi connectivity index (χ1) is 12.1. The molecule has 0 fully saturated rings. The van der Waals surface area contributed by atoms with Gasteiger partial charge in [-0.2, -0.15) is 43.5 Å². The molecule has 0 spiro atoms. The van der Waals surface area contributed by atoms with Crippen molar-refractivity contribution in [3.05, 3.63) is 34.6 Å². The fourth-order valence-corrected chi connectivity index (χ4v) is 1.78. The maximum absolute atomic E-state index is 13.5. The van der Waals surface area contributed by atoms with Gasteiger partial charge in [0.2, 0.25) is 5.82 Å². The SMILES string of the molecule is O=S(=O)(F)C(F)(F)C(F)(F)OC(F)(F)C(F)(F)c1c(F)c(F)c(F)c(F)c1F. The summed E-state index contributed by atoms with van der Waals surface area (Å²) in [6.45, 7) is 0. The first-order valence-electron chi connectivity index (χ1n) is 5.81. The van der Waals surface area contributed by atoms with Crippen molar-refractivity contribution >= 4 is 10.2 Å². The molecule has 0 aliphatic carbocycles. The zero-order valence-electron chi connectivity index (χ0n) is 11.9. The van der Waals surface area contributed by atoms with Gasteiger partial charge in [-0.15, -0.1) is 0 Å². The van der Waals surface area contributed by atoms with Crippen LogP contribution in [0.5, 0.6) is 0 Å². The highest BCUT2D eigenvalue weighted by atomic mass is 32.3. The number of alkyl halides is 8. The largest absolute Gasteiger partial charge is 0.464 e.